The van der Waals surface area contributed by atoms with Gasteiger partial charge in [-0.25, -0.2) is 0 Å². The molecule has 0 spiro atoms. The summed E-state index contributed by atoms with van der Waals surface area (Å²) in [6, 6.07) is 0.552. The van der Waals surface area contributed by atoms with E-state index in [-0.39, 0.29) is 0 Å². The monoisotopic (exact) mass is 230 g/mol. The summed E-state index contributed by atoms with van der Waals surface area (Å²) in [7, 11) is 0. The first-order valence-corrected chi connectivity index (χ1v) is 7.68. The van der Waals surface area contributed by atoms with Gasteiger partial charge < -0.3 is 11.1 Å². The Morgan fingerprint density at radius 2 is 2.20 bits per heavy atom. The number of thioether (sulfide) groups is 1. The Kier molecular flexibility index (Phi) is 7.49. The van der Waals surface area contributed by atoms with Crippen LogP contribution in [0.1, 0.15) is 38.5 Å². The van der Waals surface area contributed by atoms with E-state index in [1.807, 2.05) is 11.8 Å². The summed E-state index contributed by atoms with van der Waals surface area (Å²) in [5, 5.41) is 3.58. The first kappa shape index (κ1) is 13.3. The van der Waals surface area contributed by atoms with E-state index in [4.69, 9.17) is 5.73 Å². The van der Waals surface area contributed by atoms with Gasteiger partial charge in [-0.1, -0.05) is 12.8 Å². The van der Waals surface area contributed by atoms with Gasteiger partial charge in [-0.15, -0.1) is 0 Å². The molecule has 0 aromatic heterocycles. The van der Waals surface area contributed by atoms with E-state index in [2.05, 4.69) is 11.6 Å². The van der Waals surface area contributed by atoms with Gasteiger partial charge in [-0.2, -0.15) is 11.8 Å². The van der Waals surface area contributed by atoms with E-state index in [0.29, 0.717) is 6.04 Å². The lowest BCUT2D eigenvalue weighted by Gasteiger charge is -2.16. The SMILES string of the molecule is CSCCCC(CN)NCCCC1CC1. The van der Waals surface area contributed by atoms with Crippen molar-refractivity contribution in [1.29, 1.82) is 0 Å². The lowest BCUT2D eigenvalue weighted by molar-refractivity contribution is 0.469. The quantitative estimate of drug-likeness (QED) is 0.565. The molecule has 2 nitrogen and oxygen atoms in total. The van der Waals surface area contributed by atoms with Crippen molar-refractivity contribution in [3.05, 3.63) is 0 Å². The molecule has 1 unspecified atom stereocenters. The first-order valence-electron chi connectivity index (χ1n) is 6.29. The van der Waals surface area contributed by atoms with Gasteiger partial charge in [0.05, 0.1) is 0 Å². The van der Waals surface area contributed by atoms with Crippen LogP contribution in [0, 0.1) is 5.92 Å². The molecule has 1 saturated carbocycles. The van der Waals surface area contributed by atoms with Crippen molar-refractivity contribution in [2.45, 2.75) is 44.6 Å². The molecule has 1 aliphatic rings. The molecule has 3 N–H and O–H groups in total. The zero-order valence-electron chi connectivity index (χ0n) is 10.0. The summed E-state index contributed by atoms with van der Waals surface area (Å²) in [5.74, 6) is 2.33. The molecular formula is C12H26N2S. The molecule has 0 aromatic carbocycles. The fourth-order valence-corrected chi connectivity index (χ4v) is 2.34. The van der Waals surface area contributed by atoms with Crippen molar-refractivity contribution in [3.8, 4) is 0 Å². The van der Waals surface area contributed by atoms with Gasteiger partial charge in [-0.05, 0) is 50.2 Å². The molecule has 0 saturated heterocycles. The summed E-state index contributed by atoms with van der Waals surface area (Å²) < 4.78 is 0. The maximum Gasteiger partial charge on any atom is 0.0190 e. The predicted molar refractivity (Wildman–Crippen MR) is 70.4 cm³/mol. The van der Waals surface area contributed by atoms with Gasteiger partial charge in [0.25, 0.3) is 0 Å². The van der Waals surface area contributed by atoms with Crippen LogP contribution in [0.2, 0.25) is 0 Å². The van der Waals surface area contributed by atoms with Gasteiger partial charge in [-0.3, -0.25) is 0 Å². The minimum atomic E-state index is 0.552. The Labute approximate surface area is 98.8 Å². The molecule has 0 heterocycles. The molecule has 90 valence electrons. The molecule has 0 aliphatic heterocycles. The topological polar surface area (TPSA) is 38.0 Å². The van der Waals surface area contributed by atoms with E-state index >= 15 is 0 Å². The van der Waals surface area contributed by atoms with E-state index in [9.17, 15) is 0 Å². The highest BCUT2D eigenvalue weighted by atomic mass is 32.2. The molecule has 1 rings (SSSR count). The number of rotatable bonds is 10. The Bertz CT molecular complexity index is 149. The normalized spacial score (nSPS) is 18.0. The maximum atomic E-state index is 5.74. The van der Waals surface area contributed by atoms with Crippen LogP contribution in [0.5, 0.6) is 0 Å². The van der Waals surface area contributed by atoms with E-state index in [0.717, 1.165) is 19.0 Å². The highest BCUT2D eigenvalue weighted by Crippen LogP contribution is 2.33. The standard InChI is InChI=1S/C12H26N2S/c1-15-9-3-5-12(10-13)14-8-2-4-11-6-7-11/h11-12,14H,2-10,13H2,1H3. The van der Waals surface area contributed by atoms with Crippen LogP contribution in [0.25, 0.3) is 0 Å². The van der Waals surface area contributed by atoms with Crippen molar-refractivity contribution in [2.24, 2.45) is 11.7 Å². The molecule has 1 atom stereocenters. The molecule has 0 bridgehead atoms. The number of nitrogens with two attached hydrogens (primary N) is 1. The van der Waals surface area contributed by atoms with Crippen molar-refractivity contribution in [3.63, 3.8) is 0 Å². The zero-order valence-corrected chi connectivity index (χ0v) is 10.8. The van der Waals surface area contributed by atoms with Crippen LogP contribution in [-0.4, -0.2) is 31.1 Å². The average molecular weight is 230 g/mol. The predicted octanol–water partition coefficient (Wildman–Crippen LogP) is 2.24. The van der Waals surface area contributed by atoms with Crippen molar-refractivity contribution in [1.82, 2.24) is 5.32 Å². The number of nitrogens with one attached hydrogen (secondary N) is 1. The van der Waals surface area contributed by atoms with Crippen molar-refractivity contribution in [2.75, 3.05) is 25.1 Å². The molecule has 0 radical (unpaired) electrons. The summed E-state index contributed by atoms with van der Waals surface area (Å²) in [6.45, 7) is 1.95. The number of hydrogen-bond donors (Lipinski definition) is 2. The maximum absolute atomic E-state index is 5.74. The molecule has 1 fully saturated rings. The second-order valence-electron chi connectivity index (χ2n) is 4.61. The Morgan fingerprint density at radius 3 is 2.80 bits per heavy atom. The fourth-order valence-electron chi connectivity index (χ4n) is 1.88. The van der Waals surface area contributed by atoms with Crippen LogP contribution in [-0.2, 0) is 0 Å². The van der Waals surface area contributed by atoms with Crippen LogP contribution < -0.4 is 11.1 Å². The van der Waals surface area contributed by atoms with Crippen molar-refractivity contribution < 1.29 is 0 Å². The van der Waals surface area contributed by atoms with Gasteiger partial charge in [0.1, 0.15) is 0 Å². The summed E-state index contributed by atoms with van der Waals surface area (Å²) in [6.07, 6.45) is 10.4. The Balaban J connectivity index is 1.89. The molecule has 0 amide bonds. The minimum Gasteiger partial charge on any atom is -0.329 e. The van der Waals surface area contributed by atoms with Crippen LogP contribution in [0.15, 0.2) is 0 Å². The minimum absolute atomic E-state index is 0.552. The third kappa shape index (κ3) is 7.20. The smallest absolute Gasteiger partial charge is 0.0190 e. The second-order valence-corrected chi connectivity index (χ2v) is 5.59. The summed E-state index contributed by atoms with van der Waals surface area (Å²) >= 11 is 1.93. The lowest BCUT2D eigenvalue weighted by Crippen LogP contribution is -2.36. The van der Waals surface area contributed by atoms with Gasteiger partial charge in [0.15, 0.2) is 0 Å². The molecule has 3 heteroatoms. The van der Waals surface area contributed by atoms with E-state index < -0.39 is 0 Å². The highest BCUT2D eigenvalue weighted by molar-refractivity contribution is 7.98. The Morgan fingerprint density at radius 1 is 1.40 bits per heavy atom. The van der Waals surface area contributed by atoms with Gasteiger partial charge >= 0.3 is 0 Å². The van der Waals surface area contributed by atoms with Crippen LogP contribution >= 0.6 is 11.8 Å². The third-order valence-electron chi connectivity index (χ3n) is 3.10. The highest BCUT2D eigenvalue weighted by Gasteiger charge is 2.20. The lowest BCUT2D eigenvalue weighted by atomic mass is 10.1. The molecular weight excluding hydrogens is 204 g/mol. The van der Waals surface area contributed by atoms with E-state index in [1.165, 1.54) is 44.3 Å². The summed E-state index contributed by atoms with van der Waals surface area (Å²) in [5.41, 5.74) is 5.74. The van der Waals surface area contributed by atoms with E-state index in [1.54, 1.807) is 0 Å². The third-order valence-corrected chi connectivity index (χ3v) is 3.80. The summed E-state index contributed by atoms with van der Waals surface area (Å²) in [4.78, 5) is 0. The van der Waals surface area contributed by atoms with Crippen LogP contribution in [0.4, 0.5) is 0 Å². The second kappa shape index (κ2) is 8.43. The van der Waals surface area contributed by atoms with Crippen LogP contribution in [0.3, 0.4) is 0 Å². The fraction of sp³-hybridized carbons (Fsp3) is 1.00. The zero-order chi connectivity index (χ0) is 10.9. The Hall–Kier alpha value is 0.270. The first-order chi connectivity index (χ1) is 7.36. The molecule has 1 aliphatic carbocycles. The largest absolute Gasteiger partial charge is 0.329 e. The number of hydrogen-bond acceptors (Lipinski definition) is 3. The van der Waals surface area contributed by atoms with Crippen molar-refractivity contribution >= 4 is 11.8 Å². The van der Waals surface area contributed by atoms with Gasteiger partial charge in [0, 0.05) is 12.6 Å². The van der Waals surface area contributed by atoms with Gasteiger partial charge in [0.2, 0.25) is 0 Å². The molecule has 0 aromatic rings. The average Bonchev–Trinajstić information content (AvgIpc) is 3.05. The molecule has 15 heavy (non-hydrogen) atoms.